The summed E-state index contributed by atoms with van der Waals surface area (Å²) in [5.41, 5.74) is 0. The molecule has 0 radical (unpaired) electrons. The van der Waals surface area contributed by atoms with Crippen LogP contribution in [0.4, 0.5) is 4.79 Å². The van der Waals surface area contributed by atoms with Gasteiger partial charge in [0, 0.05) is 8.80 Å². The third kappa shape index (κ3) is 9.78. The summed E-state index contributed by atoms with van der Waals surface area (Å²) in [6.07, 6.45) is 2.39. The van der Waals surface area contributed by atoms with Crippen LogP contribution in [0.2, 0.25) is 19.1 Å². The maximum atomic E-state index is 11.1. The van der Waals surface area contributed by atoms with Crippen LogP contribution in [0.3, 0.4) is 0 Å². The summed E-state index contributed by atoms with van der Waals surface area (Å²) in [5.74, 6) is 0. The zero-order valence-corrected chi connectivity index (χ0v) is 11.6. The molecule has 0 aliphatic carbocycles. The van der Waals surface area contributed by atoms with Gasteiger partial charge in [-0.25, -0.2) is 4.79 Å². The van der Waals surface area contributed by atoms with Gasteiger partial charge in [-0.15, -0.1) is 0 Å². The van der Waals surface area contributed by atoms with Crippen molar-refractivity contribution in [1.82, 2.24) is 0 Å². The third-order valence-corrected chi connectivity index (χ3v) is 3.83. The number of ether oxygens (including phenoxy) is 2. The predicted octanol–water partition coefficient (Wildman–Crippen LogP) is 3.21. The second kappa shape index (κ2) is 8.77. The van der Waals surface area contributed by atoms with Crippen molar-refractivity contribution in [1.29, 1.82) is 0 Å². The van der Waals surface area contributed by atoms with Crippen LogP contribution >= 0.6 is 0 Å². The lowest BCUT2D eigenvalue weighted by Gasteiger charge is -2.10. The van der Waals surface area contributed by atoms with Gasteiger partial charge in [0.15, 0.2) is 0 Å². The van der Waals surface area contributed by atoms with E-state index in [1.165, 1.54) is 12.5 Å². The van der Waals surface area contributed by atoms with Crippen LogP contribution in [-0.4, -0.2) is 27.7 Å². The number of carbonyl (C=O) groups is 1. The molecule has 90 valence electrons. The highest BCUT2D eigenvalue weighted by Crippen LogP contribution is 2.03. The van der Waals surface area contributed by atoms with Gasteiger partial charge in [0.2, 0.25) is 0 Å². The molecule has 0 aliphatic rings. The molecule has 1 unspecified atom stereocenters. The maximum absolute atomic E-state index is 11.1. The molecule has 0 N–H and O–H groups in total. The minimum absolute atomic E-state index is 0.0411. The Labute approximate surface area is 94.8 Å². The van der Waals surface area contributed by atoms with Crippen LogP contribution in [0.15, 0.2) is 0 Å². The Morgan fingerprint density at radius 3 is 2.53 bits per heavy atom. The first kappa shape index (κ1) is 14.5. The minimum Gasteiger partial charge on any atom is -0.434 e. The average Bonchev–Trinajstić information content (AvgIpc) is 2.16. The molecule has 4 heteroatoms. The van der Waals surface area contributed by atoms with E-state index in [0.717, 1.165) is 12.8 Å². The Hall–Kier alpha value is -0.513. The quantitative estimate of drug-likeness (QED) is 0.384. The van der Waals surface area contributed by atoms with Gasteiger partial charge in [-0.3, -0.25) is 0 Å². The summed E-state index contributed by atoms with van der Waals surface area (Å²) in [7, 11) is -0.438. The maximum Gasteiger partial charge on any atom is 0.508 e. The van der Waals surface area contributed by atoms with Gasteiger partial charge in [0.25, 0.3) is 0 Å². The van der Waals surface area contributed by atoms with Crippen LogP contribution in [0, 0.1) is 0 Å². The highest BCUT2D eigenvalue weighted by Gasteiger charge is 2.08. The Kier molecular flexibility index (Phi) is 8.47. The summed E-state index contributed by atoms with van der Waals surface area (Å²) in [4.78, 5) is 11.1. The highest BCUT2D eigenvalue weighted by molar-refractivity contribution is 6.55. The van der Waals surface area contributed by atoms with Crippen LogP contribution in [0.5, 0.6) is 0 Å². The van der Waals surface area contributed by atoms with Crippen LogP contribution in [0.1, 0.15) is 33.1 Å². The van der Waals surface area contributed by atoms with Crippen molar-refractivity contribution in [2.75, 3.05) is 6.61 Å². The molecule has 3 nitrogen and oxygen atoms in total. The Morgan fingerprint density at radius 2 is 2.00 bits per heavy atom. The van der Waals surface area contributed by atoms with Crippen LogP contribution < -0.4 is 0 Å². The molecule has 0 amide bonds. The van der Waals surface area contributed by atoms with Gasteiger partial charge < -0.3 is 9.47 Å². The lowest BCUT2D eigenvalue weighted by Crippen LogP contribution is -2.15. The molecule has 0 aromatic rings. The fourth-order valence-electron chi connectivity index (χ4n) is 1.09. The molecule has 0 saturated heterocycles. The molecule has 1 atom stereocenters. The monoisotopic (exact) mass is 232 g/mol. The molecule has 0 bridgehead atoms. The fraction of sp³-hybridized carbons (Fsp3) is 0.909. The van der Waals surface area contributed by atoms with E-state index < -0.39 is 15.0 Å². The normalized spacial score (nSPS) is 12.6. The van der Waals surface area contributed by atoms with Crippen molar-refractivity contribution >= 4 is 15.0 Å². The van der Waals surface area contributed by atoms with Crippen molar-refractivity contribution in [3.05, 3.63) is 0 Å². The Morgan fingerprint density at radius 1 is 1.33 bits per heavy atom. The largest absolute Gasteiger partial charge is 0.508 e. The zero-order chi connectivity index (χ0) is 11.7. The topological polar surface area (TPSA) is 35.5 Å². The van der Waals surface area contributed by atoms with Crippen molar-refractivity contribution in [2.24, 2.45) is 0 Å². The van der Waals surface area contributed by atoms with E-state index in [2.05, 4.69) is 13.1 Å². The molecule has 0 aromatic carbocycles. The lowest BCUT2D eigenvalue weighted by molar-refractivity contribution is 0.0275. The van der Waals surface area contributed by atoms with E-state index in [1.807, 2.05) is 13.8 Å². The number of rotatable bonds is 7. The van der Waals surface area contributed by atoms with E-state index in [1.54, 1.807) is 0 Å². The van der Waals surface area contributed by atoms with E-state index in [0.29, 0.717) is 6.61 Å². The van der Waals surface area contributed by atoms with Crippen molar-refractivity contribution < 1.29 is 14.3 Å². The molecule has 0 fully saturated rings. The highest BCUT2D eigenvalue weighted by atomic mass is 28.3. The van der Waals surface area contributed by atoms with E-state index in [4.69, 9.17) is 9.47 Å². The number of unbranched alkanes of at least 4 members (excludes halogenated alkanes) is 1. The van der Waals surface area contributed by atoms with Gasteiger partial charge in [0.05, 0.1) is 6.61 Å². The summed E-state index contributed by atoms with van der Waals surface area (Å²) >= 11 is 0. The first-order chi connectivity index (χ1) is 7.06. The van der Waals surface area contributed by atoms with Crippen LogP contribution in [0.25, 0.3) is 0 Å². The average molecular weight is 232 g/mol. The zero-order valence-electron chi connectivity index (χ0n) is 10.4. The van der Waals surface area contributed by atoms with Gasteiger partial charge >= 0.3 is 6.16 Å². The second-order valence-corrected chi connectivity index (χ2v) is 7.69. The van der Waals surface area contributed by atoms with Crippen molar-refractivity contribution in [3.8, 4) is 0 Å². The molecule has 15 heavy (non-hydrogen) atoms. The summed E-state index contributed by atoms with van der Waals surface area (Å²) in [5, 5.41) is 0. The van der Waals surface area contributed by atoms with Gasteiger partial charge in [-0.2, -0.15) is 0 Å². The molecular weight excluding hydrogens is 208 g/mol. The van der Waals surface area contributed by atoms with Crippen molar-refractivity contribution in [3.63, 3.8) is 0 Å². The Balaban J connectivity index is 3.31. The fourth-order valence-corrected chi connectivity index (χ4v) is 2.20. The molecule has 0 saturated carbocycles. The molecule has 0 heterocycles. The summed E-state index contributed by atoms with van der Waals surface area (Å²) < 4.78 is 9.93. The molecule has 0 aromatic heterocycles. The summed E-state index contributed by atoms with van der Waals surface area (Å²) in [6, 6.07) is 1.32. The van der Waals surface area contributed by atoms with Gasteiger partial charge in [-0.05, 0) is 19.8 Å². The number of hydrogen-bond donors (Lipinski definition) is 0. The van der Waals surface area contributed by atoms with Crippen molar-refractivity contribution in [2.45, 2.75) is 58.4 Å². The Bertz CT molecular complexity index is 171. The van der Waals surface area contributed by atoms with E-state index in [9.17, 15) is 4.79 Å². The lowest BCUT2D eigenvalue weighted by atomic mass is 10.3. The standard InChI is InChI=1S/C11H24O3Si/c1-5-10(2)14-11(12)13-8-6-7-9-15(3)4/h10,15H,5-9H2,1-4H3. The summed E-state index contributed by atoms with van der Waals surface area (Å²) in [6.45, 7) is 9.00. The van der Waals surface area contributed by atoms with E-state index in [-0.39, 0.29) is 6.10 Å². The third-order valence-electron chi connectivity index (χ3n) is 2.27. The minimum atomic E-state index is -0.522. The molecular formula is C11H24O3Si. The smallest absolute Gasteiger partial charge is 0.434 e. The predicted molar refractivity (Wildman–Crippen MR) is 65.1 cm³/mol. The molecule has 0 spiro atoms. The van der Waals surface area contributed by atoms with Gasteiger partial charge in [-0.1, -0.05) is 32.5 Å². The SMILES string of the molecule is CCC(C)OC(=O)OCCCC[SiH](C)C. The van der Waals surface area contributed by atoms with Crippen LogP contribution in [-0.2, 0) is 9.47 Å². The molecule has 0 aliphatic heterocycles. The first-order valence-corrected chi connectivity index (χ1v) is 9.02. The molecule has 0 rings (SSSR count). The van der Waals surface area contributed by atoms with Gasteiger partial charge in [0.1, 0.15) is 6.10 Å². The number of carbonyl (C=O) groups excluding carboxylic acids is 1. The first-order valence-electron chi connectivity index (χ1n) is 5.89. The second-order valence-electron chi connectivity index (χ2n) is 4.32. The number of hydrogen-bond acceptors (Lipinski definition) is 3. The van der Waals surface area contributed by atoms with E-state index >= 15 is 0 Å².